The zero-order valence-corrected chi connectivity index (χ0v) is 19.2. The number of carbonyl (C=O) groups excluding carboxylic acids is 3. The second-order valence-corrected chi connectivity index (χ2v) is 8.30. The van der Waals surface area contributed by atoms with E-state index in [4.69, 9.17) is 9.47 Å². The molecule has 0 atom stereocenters. The number of methoxy groups -OCH3 is 1. The first-order valence-corrected chi connectivity index (χ1v) is 10.4. The van der Waals surface area contributed by atoms with Crippen LogP contribution >= 0.6 is 0 Å². The number of esters is 1. The molecule has 1 heterocycles. The van der Waals surface area contributed by atoms with Crippen LogP contribution in [0.3, 0.4) is 0 Å². The molecule has 1 N–H and O–H groups in total. The molecule has 2 rings (SSSR count). The van der Waals surface area contributed by atoms with Crippen molar-refractivity contribution in [3.63, 3.8) is 0 Å². The van der Waals surface area contributed by atoms with Crippen LogP contribution in [0.5, 0.6) is 5.75 Å². The van der Waals surface area contributed by atoms with Crippen LogP contribution in [0.25, 0.3) is 6.08 Å². The Labute approximate surface area is 188 Å². The summed E-state index contributed by atoms with van der Waals surface area (Å²) in [6.07, 6.45) is 4.81. The highest BCUT2D eigenvalue weighted by molar-refractivity contribution is 5.93. The Bertz CT molecular complexity index is 1010. The van der Waals surface area contributed by atoms with E-state index in [-0.39, 0.29) is 35.8 Å². The number of pyridine rings is 1. The molecule has 170 valence electrons. The molecule has 0 saturated heterocycles. The molecular weight excluding hydrogens is 408 g/mol. The van der Waals surface area contributed by atoms with Crippen molar-refractivity contribution in [1.29, 1.82) is 0 Å². The van der Waals surface area contributed by atoms with Gasteiger partial charge >= 0.3 is 5.97 Å². The molecule has 7 heteroatoms. The maximum absolute atomic E-state index is 12.8. The van der Waals surface area contributed by atoms with Gasteiger partial charge in [0, 0.05) is 36.2 Å². The first-order chi connectivity index (χ1) is 15.1. The Morgan fingerprint density at radius 2 is 1.84 bits per heavy atom. The molecular formula is C25H30N2O5. The molecule has 7 nitrogen and oxygen atoms in total. The fourth-order valence-electron chi connectivity index (χ4n) is 3.01. The van der Waals surface area contributed by atoms with Crippen LogP contribution in [0.1, 0.15) is 54.9 Å². The summed E-state index contributed by atoms with van der Waals surface area (Å²) in [7, 11) is 1.54. The minimum Gasteiger partial charge on any atom is -0.496 e. The highest BCUT2D eigenvalue weighted by Gasteiger charge is 2.17. The van der Waals surface area contributed by atoms with Crippen molar-refractivity contribution in [2.24, 2.45) is 0 Å². The van der Waals surface area contributed by atoms with Crippen LogP contribution < -0.4 is 10.1 Å². The Hall–Kier alpha value is -3.48. The molecule has 0 bridgehead atoms. The Balaban J connectivity index is 2.12. The molecule has 0 unspecified atom stereocenters. The van der Waals surface area contributed by atoms with Gasteiger partial charge in [-0.25, -0.2) is 4.79 Å². The summed E-state index contributed by atoms with van der Waals surface area (Å²) in [5.41, 5.74) is 2.07. The third-order valence-electron chi connectivity index (χ3n) is 4.34. The number of carbonyl (C=O) groups is 3. The molecule has 1 aromatic carbocycles. The summed E-state index contributed by atoms with van der Waals surface area (Å²) < 4.78 is 10.3. The van der Waals surface area contributed by atoms with Gasteiger partial charge in [0.1, 0.15) is 17.2 Å². The van der Waals surface area contributed by atoms with E-state index in [0.29, 0.717) is 23.5 Å². The van der Waals surface area contributed by atoms with Gasteiger partial charge in [0.2, 0.25) is 0 Å². The van der Waals surface area contributed by atoms with Crippen molar-refractivity contribution in [2.75, 3.05) is 13.7 Å². The van der Waals surface area contributed by atoms with Crippen LogP contribution in [0, 0.1) is 0 Å². The number of nitrogens with one attached hydrogen (secondary N) is 1. The van der Waals surface area contributed by atoms with Crippen molar-refractivity contribution < 1.29 is 23.9 Å². The number of amides is 1. The standard InChI is InChI=1S/C25H30N2O5/c1-6-32-23(29)10-8-17-7-9-22(31-5)19(13-17)16-20(28)14-18-11-12-26-21(15-18)24(30)27-25(2,3)4/h7-13,15H,6,14,16H2,1-5H3,(H,27,30)/b10-8+. The Morgan fingerprint density at radius 3 is 2.50 bits per heavy atom. The third kappa shape index (κ3) is 7.98. The van der Waals surface area contributed by atoms with Crippen molar-refractivity contribution >= 4 is 23.7 Å². The number of hydrogen-bond acceptors (Lipinski definition) is 6. The Kier molecular flexibility index (Phi) is 8.70. The summed E-state index contributed by atoms with van der Waals surface area (Å²) in [5.74, 6) is -0.158. The lowest BCUT2D eigenvalue weighted by molar-refractivity contribution is -0.137. The van der Waals surface area contributed by atoms with Crippen molar-refractivity contribution in [3.8, 4) is 5.75 Å². The normalized spacial score (nSPS) is 11.3. The summed E-state index contributed by atoms with van der Waals surface area (Å²) in [4.78, 5) is 40.7. The first-order valence-electron chi connectivity index (χ1n) is 10.4. The second kappa shape index (κ2) is 11.2. The summed E-state index contributed by atoms with van der Waals surface area (Å²) >= 11 is 0. The number of benzene rings is 1. The van der Waals surface area contributed by atoms with Gasteiger partial charge in [0.05, 0.1) is 13.7 Å². The Morgan fingerprint density at radius 1 is 1.09 bits per heavy atom. The van der Waals surface area contributed by atoms with Gasteiger partial charge in [-0.3, -0.25) is 14.6 Å². The molecule has 0 fully saturated rings. The van der Waals surface area contributed by atoms with E-state index in [1.807, 2.05) is 20.8 Å². The molecule has 32 heavy (non-hydrogen) atoms. The van der Waals surface area contributed by atoms with Gasteiger partial charge < -0.3 is 14.8 Å². The van der Waals surface area contributed by atoms with Crippen LogP contribution in [0.15, 0.2) is 42.6 Å². The number of nitrogens with zero attached hydrogens (tertiary/aromatic N) is 1. The second-order valence-electron chi connectivity index (χ2n) is 8.30. The maximum Gasteiger partial charge on any atom is 0.330 e. The number of aromatic nitrogens is 1. The molecule has 0 aliphatic rings. The number of Topliss-reactive ketones (excluding diaryl/α,β-unsaturated/α-hetero) is 1. The van der Waals surface area contributed by atoms with E-state index < -0.39 is 5.97 Å². The van der Waals surface area contributed by atoms with E-state index >= 15 is 0 Å². The van der Waals surface area contributed by atoms with Crippen LogP contribution in [0.4, 0.5) is 0 Å². The highest BCUT2D eigenvalue weighted by Crippen LogP contribution is 2.22. The predicted molar refractivity (Wildman–Crippen MR) is 123 cm³/mol. The summed E-state index contributed by atoms with van der Waals surface area (Å²) in [6, 6.07) is 8.72. The zero-order chi connectivity index (χ0) is 23.7. The van der Waals surface area contributed by atoms with E-state index in [9.17, 15) is 14.4 Å². The SMILES string of the molecule is CCOC(=O)/C=C/c1ccc(OC)c(CC(=O)Cc2ccnc(C(=O)NC(C)(C)C)c2)c1. The largest absolute Gasteiger partial charge is 0.496 e. The monoisotopic (exact) mass is 438 g/mol. The number of hydrogen-bond donors (Lipinski definition) is 1. The molecule has 0 radical (unpaired) electrons. The minimum absolute atomic E-state index is 0.0387. The van der Waals surface area contributed by atoms with Gasteiger partial charge in [0.25, 0.3) is 5.91 Å². The lowest BCUT2D eigenvalue weighted by Gasteiger charge is -2.20. The average molecular weight is 439 g/mol. The average Bonchev–Trinajstić information content (AvgIpc) is 2.71. The molecule has 0 spiro atoms. The zero-order valence-electron chi connectivity index (χ0n) is 19.2. The van der Waals surface area contributed by atoms with E-state index in [1.165, 1.54) is 12.3 Å². The molecule has 2 aromatic rings. The maximum atomic E-state index is 12.8. The topological polar surface area (TPSA) is 94.6 Å². The van der Waals surface area contributed by atoms with Gasteiger partial charge in [0.15, 0.2) is 0 Å². The van der Waals surface area contributed by atoms with Gasteiger partial charge in [-0.15, -0.1) is 0 Å². The van der Waals surface area contributed by atoms with Crippen molar-refractivity contribution in [2.45, 2.75) is 46.1 Å². The van der Waals surface area contributed by atoms with Crippen LogP contribution in [0.2, 0.25) is 0 Å². The van der Waals surface area contributed by atoms with E-state index in [1.54, 1.807) is 50.4 Å². The number of ketones is 1. The molecule has 0 saturated carbocycles. The van der Waals surface area contributed by atoms with Crippen LogP contribution in [-0.4, -0.2) is 41.9 Å². The van der Waals surface area contributed by atoms with Crippen molar-refractivity contribution in [3.05, 3.63) is 65.0 Å². The van der Waals surface area contributed by atoms with Gasteiger partial charge in [-0.2, -0.15) is 0 Å². The van der Waals surface area contributed by atoms with E-state index in [0.717, 1.165) is 5.56 Å². The fourth-order valence-corrected chi connectivity index (χ4v) is 3.01. The summed E-state index contributed by atoms with van der Waals surface area (Å²) in [6.45, 7) is 7.72. The first kappa shape index (κ1) is 24.8. The van der Waals surface area contributed by atoms with E-state index in [2.05, 4.69) is 10.3 Å². The molecule has 1 aromatic heterocycles. The molecule has 0 aliphatic carbocycles. The van der Waals surface area contributed by atoms with Gasteiger partial charge in [-0.1, -0.05) is 6.07 Å². The fraction of sp³-hybridized carbons (Fsp3) is 0.360. The molecule has 0 aliphatic heterocycles. The smallest absolute Gasteiger partial charge is 0.330 e. The third-order valence-corrected chi connectivity index (χ3v) is 4.34. The predicted octanol–water partition coefficient (Wildman–Crippen LogP) is 3.55. The number of rotatable bonds is 9. The summed E-state index contributed by atoms with van der Waals surface area (Å²) in [5, 5.41) is 2.86. The highest BCUT2D eigenvalue weighted by atomic mass is 16.5. The quantitative estimate of drug-likeness (QED) is 0.475. The van der Waals surface area contributed by atoms with Gasteiger partial charge in [-0.05, 0) is 69.2 Å². The lowest BCUT2D eigenvalue weighted by Crippen LogP contribution is -2.40. The lowest BCUT2D eigenvalue weighted by atomic mass is 10.00. The molecule has 1 amide bonds. The van der Waals surface area contributed by atoms with Crippen LogP contribution in [-0.2, 0) is 27.2 Å². The number of ether oxygens (including phenoxy) is 2. The van der Waals surface area contributed by atoms with Crippen molar-refractivity contribution in [1.82, 2.24) is 10.3 Å². The minimum atomic E-state index is -0.426.